The highest BCUT2D eigenvalue weighted by Crippen LogP contribution is 2.09. The molecular weight excluding hydrogens is 176 g/mol. The predicted octanol–water partition coefficient (Wildman–Crippen LogP) is 0.961. The molecule has 78 valence electrons. The van der Waals surface area contributed by atoms with E-state index in [9.17, 15) is 0 Å². The van der Waals surface area contributed by atoms with Gasteiger partial charge < -0.3 is 10.2 Å². The third-order valence-electron chi connectivity index (χ3n) is 2.25. The number of hydrogen-bond acceptors (Lipinski definition) is 4. The first-order valence-electron chi connectivity index (χ1n) is 4.87. The Kier molecular flexibility index (Phi) is 3.83. The number of aryl methyl sites for hydroxylation is 1. The van der Waals surface area contributed by atoms with Crippen molar-refractivity contribution in [2.45, 2.75) is 20.4 Å². The van der Waals surface area contributed by atoms with Gasteiger partial charge in [-0.1, -0.05) is 0 Å². The Morgan fingerprint density at radius 2 is 2.21 bits per heavy atom. The summed E-state index contributed by atoms with van der Waals surface area (Å²) in [6, 6.07) is 0. The van der Waals surface area contributed by atoms with E-state index in [0.717, 1.165) is 30.3 Å². The molecule has 1 heterocycles. The molecule has 0 radical (unpaired) electrons. The quantitative estimate of drug-likeness (QED) is 0.775. The molecule has 0 amide bonds. The lowest BCUT2D eigenvalue weighted by molar-refractivity contribution is 0.789. The number of nitrogens with one attached hydrogen (secondary N) is 1. The van der Waals surface area contributed by atoms with Gasteiger partial charge >= 0.3 is 0 Å². The van der Waals surface area contributed by atoms with E-state index in [1.54, 1.807) is 0 Å². The van der Waals surface area contributed by atoms with Crippen LogP contribution in [0.25, 0.3) is 0 Å². The van der Waals surface area contributed by atoms with Gasteiger partial charge in [-0.05, 0) is 20.9 Å². The summed E-state index contributed by atoms with van der Waals surface area (Å²) < 4.78 is 0. The van der Waals surface area contributed by atoms with Crippen LogP contribution in [0.4, 0.5) is 5.95 Å². The van der Waals surface area contributed by atoms with Gasteiger partial charge in [0.1, 0.15) is 0 Å². The van der Waals surface area contributed by atoms with Crippen LogP contribution < -0.4 is 10.2 Å². The molecule has 1 aromatic heterocycles. The smallest absolute Gasteiger partial charge is 0.225 e. The second-order valence-corrected chi connectivity index (χ2v) is 3.33. The van der Waals surface area contributed by atoms with Crippen LogP contribution in [0.5, 0.6) is 0 Å². The molecule has 0 aliphatic rings. The molecule has 0 atom stereocenters. The average molecular weight is 194 g/mol. The maximum absolute atomic E-state index is 4.44. The number of rotatable bonds is 4. The van der Waals surface area contributed by atoms with E-state index in [-0.39, 0.29) is 0 Å². The Morgan fingerprint density at radius 3 is 2.71 bits per heavy atom. The first-order chi connectivity index (χ1) is 6.69. The van der Waals surface area contributed by atoms with Crippen LogP contribution in [-0.2, 0) is 6.54 Å². The fraction of sp³-hybridized carbons (Fsp3) is 0.600. The highest BCUT2D eigenvalue weighted by molar-refractivity contribution is 5.31. The second kappa shape index (κ2) is 4.91. The standard InChI is InChI=1S/C10H18N4/c1-5-14(4)10-12-7-9(6-11-3)8(2)13-10/h7,11H,5-6H2,1-4H3. The second-order valence-electron chi connectivity index (χ2n) is 3.33. The lowest BCUT2D eigenvalue weighted by Crippen LogP contribution is -2.20. The topological polar surface area (TPSA) is 41.1 Å². The minimum atomic E-state index is 0.796. The molecule has 0 bridgehead atoms. The number of aromatic nitrogens is 2. The zero-order valence-electron chi connectivity index (χ0n) is 9.33. The molecule has 14 heavy (non-hydrogen) atoms. The zero-order chi connectivity index (χ0) is 10.6. The van der Waals surface area contributed by atoms with Crippen molar-refractivity contribution in [3.63, 3.8) is 0 Å². The molecule has 4 heteroatoms. The van der Waals surface area contributed by atoms with Crippen LogP contribution in [0.15, 0.2) is 6.20 Å². The van der Waals surface area contributed by atoms with Crippen molar-refractivity contribution in [1.29, 1.82) is 0 Å². The predicted molar refractivity (Wildman–Crippen MR) is 58.5 cm³/mol. The number of anilines is 1. The molecule has 0 spiro atoms. The first-order valence-corrected chi connectivity index (χ1v) is 4.87. The van der Waals surface area contributed by atoms with E-state index in [2.05, 4.69) is 22.2 Å². The van der Waals surface area contributed by atoms with Gasteiger partial charge in [0.05, 0.1) is 0 Å². The lowest BCUT2D eigenvalue weighted by atomic mass is 10.2. The van der Waals surface area contributed by atoms with Crippen molar-refractivity contribution in [2.75, 3.05) is 25.5 Å². The van der Waals surface area contributed by atoms with Crippen LogP contribution in [0.2, 0.25) is 0 Å². The van der Waals surface area contributed by atoms with Crippen molar-refractivity contribution < 1.29 is 0 Å². The maximum Gasteiger partial charge on any atom is 0.225 e. The molecule has 1 aromatic rings. The van der Waals surface area contributed by atoms with E-state index in [4.69, 9.17) is 0 Å². The summed E-state index contributed by atoms with van der Waals surface area (Å²) >= 11 is 0. The van der Waals surface area contributed by atoms with Gasteiger partial charge in [-0.3, -0.25) is 0 Å². The van der Waals surface area contributed by atoms with Gasteiger partial charge in [0, 0.05) is 37.6 Å². The monoisotopic (exact) mass is 194 g/mol. The van der Waals surface area contributed by atoms with Crippen molar-refractivity contribution in [2.24, 2.45) is 0 Å². The van der Waals surface area contributed by atoms with Gasteiger partial charge in [0.2, 0.25) is 5.95 Å². The minimum Gasteiger partial charge on any atom is -0.344 e. The zero-order valence-corrected chi connectivity index (χ0v) is 9.33. The Bertz CT molecular complexity index is 298. The molecule has 0 saturated carbocycles. The van der Waals surface area contributed by atoms with Gasteiger partial charge in [-0.25, -0.2) is 9.97 Å². The summed E-state index contributed by atoms with van der Waals surface area (Å²) in [6.45, 7) is 5.84. The van der Waals surface area contributed by atoms with E-state index >= 15 is 0 Å². The molecular formula is C10H18N4. The third kappa shape index (κ3) is 2.42. The third-order valence-corrected chi connectivity index (χ3v) is 2.25. The highest BCUT2D eigenvalue weighted by Gasteiger charge is 2.04. The van der Waals surface area contributed by atoms with Gasteiger partial charge in [0.15, 0.2) is 0 Å². The van der Waals surface area contributed by atoms with E-state index < -0.39 is 0 Å². The van der Waals surface area contributed by atoms with Gasteiger partial charge in [-0.15, -0.1) is 0 Å². The Balaban J connectivity index is 2.88. The normalized spacial score (nSPS) is 10.3. The summed E-state index contributed by atoms with van der Waals surface area (Å²) in [4.78, 5) is 10.8. The summed E-state index contributed by atoms with van der Waals surface area (Å²) in [5.74, 6) is 0.796. The minimum absolute atomic E-state index is 0.796. The van der Waals surface area contributed by atoms with Gasteiger partial charge in [-0.2, -0.15) is 0 Å². The molecule has 0 aliphatic carbocycles. The summed E-state index contributed by atoms with van der Waals surface area (Å²) in [6.07, 6.45) is 1.89. The SMILES string of the molecule is CCN(C)c1ncc(CNC)c(C)n1. The molecule has 0 fully saturated rings. The van der Waals surface area contributed by atoms with E-state index in [1.165, 1.54) is 0 Å². The molecule has 0 aliphatic heterocycles. The summed E-state index contributed by atoms with van der Waals surface area (Å²) in [5, 5.41) is 3.09. The summed E-state index contributed by atoms with van der Waals surface area (Å²) in [5.41, 5.74) is 2.20. The maximum atomic E-state index is 4.44. The van der Waals surface area contributed by atoms with Crippen molar-refractivity contribution in [3.05, 3.63) is 17.5 Å². The molecule has 0 saturated heterocycles. The van der Waals surface area contributed by atoms with Crippen LogP contribution in [0, 0.1) is 6.92 Å². The first kappa shape index (κ1) is 10.9. The van der Waals surface area contributed by atoms with Gasteiger partial charge in [0.25, 0.3) is 0 Å². The fourth-order valence-corrected chi connectivity index (χ4v) is 1.17. The van der Waals surface area contributed by atoms with Crippen LogP contribution in [0.1, 0.15) is 18.2 Å². The Morgan fingerprint density at radius 1 is 1.50 bits per heavy atom. The van der Waals surface area contributed by atoms with Crippen molar-refractivity contribution in [3.8, 4) is 0 Å². The molecule has 0 unspecified atom stereocenters. The summed E-state index contributed by atoms with van der Waals surface area (Å²) in [7, 11) is 3.91. The highest BCUT2D eigenvalue weighted by atomic mass is 15.2. The number of hydrogen-bond donors (Lipinski definition) is 1. The van der Waals surface area contributed by atoms with E-state index in [1.807, 2.05) is 32.1 Å². The lowest BCUT2D eigenvalue weighted by Gasteiger charge is -2.15. The number of nitrogens with zero attached hydrogens (tertiary/aromatic N) is 3. The van der Waals surface area contributed by atoms with Crippen LogP contribution in [0.3, 0.4) is 0 Å². The van der Waals surface area contributed by atoms with Crippen LogP contribution >= 0.6 is 0 Å². The fourth-order valence-electron chi connectivity index (χ4n) is 1.17. The Labute approximate surface area is 85.4 Å². The van der Waals surface area contributed by atoms with Crippen LogP contribution in [-0.4, -0.2) is 30.6 Å². The average Bonchev–Trinajstić information content (AvgIpc) is 2.20. The molecule has 1 rings (SSSR count). The van der Waals surface area contributed by atoms with E-state index in [0.29, 0.717) is 0 Å². The molecule has 4 nitrogen and oxygen atoms in total. The molecule has 0 aromatic carbocycles. The molecule has 1 N–H and O–H groups in total. The largest absolute Gasteiger partial charge is 0.344 e. The van der Waals surface area contributed by atoms with Crippen molar-refractivity contribution >= 4 is 5.95 Å². The van der Waals surface area contributed by atoms with Crippen molar-refractivity contribution in [1.82, 2.24) is 15.3 Å². The Hall–Kier alpha value is -1.16.